The number of imidazole rings is 1. The van der Waals surface area contributed by atoms with Crippen molar-refractivity contribution in [2.75, 3.05) is 5.73 Å². The molecule has 1 fully saturated rings. The molecule has 0 aliphatic heterocycles. The van der Waals surface area contributed by atoms with E-state index in [-0.39, 0.29) is 0 Å². The van der Waals surface area contributed by atoms with E-state index < -0.39 is 0 Å². The standard InChI is InChI=1S/C11H15N5/c1-7-2-3-8(4-7)16-6-15-9-10(12)13-5-14-11(9)16/h5-8H,2-4H2,1H3,(H2,12,13,14). The Morgan fingerprint density at radius 3 is 2.94 bits per heavy atom. The molecule has 2 heterocycles. The number of nitrogens with two attached hydrogens (primary N) is 1. The van der Waals surface area contributed by atoms with Crippen LogP contribution in [0.25, 0.3) is 11.2 Å². The molecular formula is C11H15N5. The quantitative estimate of drug-likeness (QED) is 0.790. The van der Waals surface area contributed by atoms with Crippen LogP contribution in [0, 0.1) is 5.92 Å². The molecule has 2 aromatic rings. The van der Waals surface area contributed by atoms with Crippen LogP contribution < -0.4 is 5.73 Å². The van der Waals surface area contributed by atoms with E-state index in [1.165, 1.54) is 25.6 Å². The molecule has 84 valence electrons. The monoisotopic (exact) mass is 217 g/mol. The molecule has 1 saturated carbocycles. The number of nitrogens with zero attached hydrogens (tertiary/aromatic N) is 4. The maximum atomic E-state index is 5.77. The van der Waals surface area contributed by atoms with Gasteiger partial charge >= 0.3 is 0 Å². The predicted molar refractivity (Wildman–Crippen MR) is 61.8 cm³/mol. The van der Waals surface area contributed by atoms with Gasteiger partial charge in [0.15, 0.2) is 11.5 Å². The summed E-state index contributed by atoms with van der Waals surface area (Å²) in [6.45, 7) is 2.29. The zero-order valence-electron chi connectivity index (χ0n) is 9.30. The SMILES string of the molecule is CC1CCC(n2cnc3c(N)ncnc32)C1. The number of aromatic nitrogens is 4. The summed E-state index contributed by atoms with van der Waals surface area (Å²) in [7, 11) is 0. The number of rotatable bonds is 1. The highest BCUT2D eigenvalue weighted by Crippen LogP contribution is 2.35. The molecule has 2 aromatic heterocycles. The van der Waals surface area contributed by atoms with E-state index in [2.05, 4.69) is 26.4 Å². The highest BCUT2D eigenvalue weighted by atomic mass is 15.1. The van der Waals surface area contributed by atoms with E-state index >= 15 is 0 Å². The maximum absolute atomic E-state index is 5.77. The first kappa shape index (κ1) is 9.57. The summed E-state index contributed by atoms with van der Waals surface area (Å²) in [5.41, 5.74) is 7.36. The van der Waals surface area contributed by atoms with Crippen LogP contribution in [0.2, 0.25) is 0 Å². The Kier molecular flexibility index (Phi) is 2.05. The minimum atomic E-state index is 0.467. The van der Waals surface area contributed by atoms with Gasteiger partial charge in [0.25, 0.3) is 0 Å². The molecule has 16 heavy (non-hydrogen) atoms. The lowest BCUT2D eigenvalue weighted by Crippen LogP contribution is -2.05. The Labute approximate surface area is 93.7 Å². The second kappa shape index (κ2) is 3.43. The van der Waals surface area contributed by atoms with E-state index in [1.807, 2.05) is 6.33 Å². The van der Waals surface area contributed by atoms with E-state index in [0.29, 0.717) is 11.9 Å². The molecule has 2 unspecified atom stereocenters. The highest BCUT2D eigenvalue weighted by Gasteiger charge is 2.24. The second-order valence-corrected chi connectivity index (χ2v) is 4.66. The van der Waals surface area contributed by atoms with Gasteiger partial charge in [-0.15, -0.1) is 0 Å². The molecule has 0 amide bonds. The number of anilines is 1. The molecule has 0 bridgehead atoms. The third kappa shape index (κ3) is 1.35. The predicted octanol–water partition coefficient (Wildman–Crippen LogP) is 1.77. The summed E-state index contributed by atoms with van der Waals surface area (Å²) in [5, 5.41) is 0. The summed E-state index contributed by atoms with van der Waals surface area (Å²) in [6.07, 6.45) is 7.05. The van der Waals surface area contributed by atoms with Gasteiger partial charge in [-0.25, -0.2) is 15.0 Å². The fraction of sp³-hybridized carbons (Fsp3) is 0.545. The van der Waals surface area contributed by atoms with E-state index in [0.717, 1.165) is 17.1 Å². The van der Waals surface area contributed by atoms with Crippen LogP contribution in [-0.2, 0) is 0 Å². The van der Waals surface area contributed by atoms with Crippen molar-refractivity contribution in [1.29, 1.82) is 0 Å². The molecule has 0 aromatic carbocycles. The lowest BCUT2D eigenvalue weighted by molar-refractivity contribution is 0.502. The van der Waals surface area contributed by atoms with Crippen LogP contribution in [0.1, 0.15) is 32.2 Å². The van der Waals surface area contributed by atoms with Crippen molar-refractivity contribution in [3.05, 3.63) is 12.7 Å². The van der Waals surface area contributed by atoms with Crippen LogP contribution >= 0.6 is 0 Å². The first-order chi connectivity index (χ1) is 7.75. The van der Waals surface area contributed by atoms with Crippen LogP contribution in [0.4, 0.5) is 5.82 Å². The third-order valence-electron chi connectivity index (χ3n) is 3.45. The normalized spacial score (nSPS) is 25.3. The molecule has 0 saturated heterocycles. The highest BCUT2D eigenvalue weighted by molar-refractivity contribution is 5.81. The fourth-order valence-corrected chi connectivity index (χ4v) is 2.57. The van der Waals surface area contributed by atoms with Gasteiger partial charge in [0.05, 0.1) is 6.33 Å². The summed E-state index contributed by atoms with van der Waals surface area (Å²) in [4.78, 5) is 12.5. The molecule has 5 heteroatoms. The molecule has 1 aliphatic rings. The van der Waals surface area contributed by atoms with Crippen LogP contribution in [0.15, 0.2) is 12.7 Å². The zero-order valence-corrected chi connectivity index (χ0v) is 9.30. The number of hydrogen-bond donors (Lipinski definition) is 1. The summed E-state index contributed by atoms with van der Waals surface area (Å²) in [6, 6.07) is 0.522. The van der Waals surface area contributed by atoms with Crippen molar-refractivity contribution in [3.8, 4) is 0 Å². The molecular weight excluding hydrogens is 202 g/mol. The Bertz CT molecular complexity index is 518. The van der Waals surface area contributed by atoms with Crippen molar-refractivity contribution in [2.24, 2.45) is 5.92 Å². The van der Waals surface area contributed by atoms with Crippen molar-refractivity contribution >= 4 is 17.0 Å². The minimum Gasteiger partial charge on any atom is -0.382 e. The number of fused-ring (bicyclic) bond motifs is 1. The summed E-state index contributed by atoms with van der Waals surface area (Å²) in [5.74, 6) is 1.26. The molecule has 5 nitrogen and oxygen atoms in total. The van der Waals surface area contributed by atoms with Crippen LogP contribution in [0.5, 0.6) is 0 Å². The number of hydrogen-bond acceptors (Lipinski definition) is 4. The summed E-state index contributed by atoms with van der Waals surface area (Å²) < 4.78 is 2.15. The fourth-order valence-electron chi connectivity index (χ4n) is 2.57. The van der Waals surface area contributed by atoms with Gasteiger partial charge < -0.3 is 10.3 Å². The maximum Gasteiger partial charge on any atom is 0.165 e. The lowest BCUT2D eigenvalue weighted by atomic mass is 10.1. The summed E-state index contributed by atoms with van der Waals surface area (Å²) >= 11 is 0. The average molecular weight is 217 g/mol. The largest absolute Gasteiger partial charge is 0.382 e. The van der Waals surface area contributed by atoms with Crippen molar-refractivity contribution in [1.82, 2.24) is 19.5 Å². The van der Waals surface area contributed by atoms with Gasteiger partial charge in [-0.05, 0) is 25.2 Å². The van der Waals surface area contributed by atoms with E-state index in [4.69, 9.17) is 5.73 Å². The van der Waals surface area contributed by atoms with E-state index in [1.54, 1.807) is 0 Å². The van der Waals surface area contributed by atoms with Gasteiger partial charge in [-0.2, -0.15) is 0 Å². The molecule has 0 radical (unpaired) electrons. The van der Waals surface area contributed by atoms with Gasteiger partial charge in [0, 0.05) is 6.04 Å². The van der Waals surface area contributed by atoms with Crippen LogP contribution in [-0.4, -0.2) is 19.5 Å². The Hall–Kier alpha value is -1.65. The number of nitrogen functional groups attached to an aromatic ring is 1. The lowest BCUT2D eigenvalue weighted by Gasteiger charge is -2.11. The first-order valence-corrected chi connectivity index (χ1v) is 5.68. The van der Waals surface area contributed by atoms with Crippen molar-refractivity contribution in [2.45, 2.75) is 32.2 Å². The third-order valence-corrected chi connectivity index (χ3v) is 3.45. The van der Waals surface area contributed by atoms with Crippen molar-refractivity contribution in [3.63, 3.8) is 0 Å². The van der Waals surface area contributed by atoms with E-state index in [9.17, 15) is 0 Å². The first-order valence-electron chi connectivity index (χ1n) is 5.68. The smallest absolute Gasteiger partial charge is 0.165 e. The Morgan fingerprint density at radius 1 is 1.31 bits per heavy atom. The average Bonchev–Trinajstić information content (AvgIpc) is 2.84. The molecule has 0 spiro atoms. The molecule has 2 N–H and O–H groups in total. The zero-order chi connectivity index (χ0) is 11.1. The Morgan fingerprint density at radius 2 is 2.19 bits per heavy atom. The van der Waals surface area contributed by atoms with Gasteiger partial charge in [0.2, 0.25) is 0 Å². The molecule has 2 atom stereocenters. The topological polar surface area (TPSA) is 69.6 Å². The Balaban J connectivity index is 2.08. The molecule has 1 aliphatic carbocycles. The van der Waals surface area contributed by atoms with Gasteiger partial charge in [-0.1, -0.05) is 6.92 Å². The van der Waals surface area contributed by atoms with Crippen LogP contribution in [0.3, 0.4) is 0 Å². The molecule has 3 rings (SSSR count). The van der Waals surface area contributed by atoms with Gasteiger partial charge in [0.1, 0.15) is 11.8 Å². The minimum absolute atomic E-state index is 0.467. The van der Waals surface area contributed by atoms with Gasteiger partial charge in [-0.3, -0.25) is 0 Å². The van der Waals surface area contributed by atoms with Crippen molar-refractivity contribution < 1.29 is 0 Å². The second-order valence-electron chi connectivity index (χ2n) is 4.66.